The maximum Gasteiger partial charge on any atom is 0.355 e. The fourth-order valence-corrected chi connectivity index (χ4v) is 2.34. The molecule has 0 unspecified atom stereocenters. The van der Waals surface area contributed by atoms with Crippen LogP contribution in [0.2, 0.25) is 0 Å². The number of carbonyl (C=O) groups is 3. The van der Waals surface area contributed by atoms with E-state index in [4.69, 9.17) is 5.11 Å². The second-order valence-corrected chi connectivity index (χ2v) is 4.75. The summed E-state index contributed by atoms with van der Waals surface area (Å²) in [5.41, 5.74) is 0.411. The summed E-state index contributed by atoms with van der Waals surface area (Å²) < 4.78 is 0. The third kappa shape index (κ3) is 2.30. The van der Waals surface area contributed by atoms with Crippen molar-refractivity contribution >= 4 is 29.1 Å². The Morgan fingerprint density at radius 2 is 2.22 bits per heavy atom. The number of amides is 2. The van der Waals surface area contributed by atoms with Gasteiger partial charge in [-0.1, -0.05) is 0 Å². The minimum absolute atomic E-state index is 0.0108. The molecule has 2 amide bonds. The Balaban J connectivity index is 1.98. The van der Waals surface area contributed by atoms with Crippen LogP contribution >= 0.6 is 11.3 Å². The van der Waals surface area contributed by atoms with Gasteiger partial charge in [0, 0.05) is 30.0 Å². The molecule has 0 fully saturated rings. The van der Waals surface area contributed by atoms with Crippen molar-refractivity contribution < 1.29 is 19.5 Å². The van der Waals surface area contributed by atoms with Crippen molar-refractivity contribution in [3.8, 4) is 0 Å². The Morgan fingerprint density at radius 3 is 2.72 bits per heavy atom. The molecule has 18 heavy (non-hydrogen) atoms. The SMILES string of the molecule is CC1=CC(=O)N(CCc2nc(C(=O)O)cs2)C1=O. The Kier molecular flexibility index (Phi) is 3.24. The Labute approximate surface area is 107 Å². The van der Waals surface area contributed by atoms with Gasteiger partial charge in [-0.2, -0.15) is 0 Å². The highest BCUT2D eigenvalue weighted by molar-refractivity contribution is 7.09. The Hall–Kier alpha value is -2.02. The maximum atomic E-state index is 11.6. The van der Waals surface area contributed by atoms with Crippen LogP contribution in [0.15, 0.2) is 17.0 Å². The summed E-state index contributed by atoms with van der Waals surface area (Å²) in [6.45, 7) is 1.81. The van der Waals surface area contributed by atoms with Crippen molar-refractivity contribution in [1.82, 2.24) is 9.88 Å². The zero-order valence-electron chi connectivity index (χ0n) is 9.54. The van der Waals surface area contributed by atoms with Gasteiger partial charge in [0.1, 0.15) is 0 Å². The number of aromatic nitrogens is 1. The second kappa shape index (κ2) is 4.69. The first-order chi connectivity index (χ1) is 8.49. The van der Waals surface area contributed by atoms with Crippen molar-refractivity contribution in [2.45, 2.75) is 13.3 Å². The lowest BCUT2D eigenvalue weighted by Crippen LogP contribution is -2.32. The number of thiazole rings is 1. The quantitative estimate of drug-likeness (QED) is 0.810. The van der Waals surface area contributed by atoms with E-state index in [-0.39, 0.29) is 24.1 Å². The number of hydrogen-bond donors (Lipinski definition) is 1. The van der Waals surface area contributed by atoms with Crippen LogP contribution in [-0.2, 0) is 16.0 Å². The van der Waals surface area contributed by atoms with Gasteiger partial charge in [0.2, 0.25) is 0 Å². The summed E-state index contributed by atoms with van der Waals surface area (Å²) in [5, 5.41) is 10.7. The standard InChI is InChI=1S/C11H10N2O4S/c1-6-4-9(14)13(10(6)15)3-2-8-12-7(5-18-8)11(16)17/h4-5H,2-3H2,1H3,(H,16,17). The molecule has 0 atom stereocenters. The summed E-state index contributed by atoms with van der Waals surface area (Å²) in [7, 11) is 0. The van der Waals surface area contributed by atoms with Gasteiger partial charge in [0.05, 0.1) is 5.01 Å². The van der Waals surface area contributed by atoms with Crippen molar-refractivity contribution in [2.24, 2.45) is 0 Å². The molecule has 0 aliphatic carbocycles. The van der Waals surface area contributed by atoms with E-state index in [1.807, 2.05) is 0 Å². The Bertz CT molecular complexity index is 561. The number of rotatable bonds is 4. The number of carboxylic acids is 1. The highest BCUT2D eigenvalue weighted by Crippen LogP contribution is 2.15. The van der Waals surface area contributed by atoms with Crippen LogP contribution < -0.4 is 0 Å². The summed E-state index contributed by atoms with van der Waals surface area (Å²) >= 11 is 1.21. The minimum atomic E-state index is -1.08. The number of imide groups is 1. The smallest absolute Gasteiger partial charge is 0.355 e. The molecular weight excluding hydrogens is 256 g/mol. The lowest BCUT2D eigenvalue weighted by molar-refractivity contribution is -0.137. The maximum absolute atomic E-state index is 11.6. The Morgan fingerprint density at radius 1 is 1.50 bits per heavy atom. The monoisotopic (exact) mass is 266 g/mol. The average Bonchev–Trinajstić information content (AvgIpc) is 2.85. The molecule has 0 radical (unpaired) electrons. The molecule has 0 bridgehead atoms. The van der Waals surface area contributed by atoms with Crippen molar-refractivity contribution in [1.29, 1.82) is 0 Å². The molecule has 2 heterocycles. The summed E-state index contributed by atoms with van der Waals surface area (Å²) in [4.78, 5) is 38.7. The molecule has 0 spiro atoms. The zero-order chi connectivity index (χ0) is 13.3. The van der Waals surface area contributed by atoms with Crippen LogP contribution in [0.1, 0.15) is 22.4 Å². The molecule has 1 aliphatic rings. The summed E-state index contributed by atoms with van der Waals surface area (Å²) in [6, 6.07) is 0. The van der Waals surface area contributed by atoms with Crippen LogP contribution in [0.4, 0.5) is 0 Å². The van der Waals surface area contributed by atoms with Gasteiger partial charge in [0.15, 0.2) is 5.69 Å². The van der Waals surface area contributed by atoms with Gasteiger partial charge in [-0.15, -0.1) is 11.3 Å². The van der Waals surface area contributed by atoms with Crippen LogP contribution in [0, 0.1) is 0 Å². The minimum Gasteiger partial charge on any atom is -0.476 e. The molecule has 94 valence electrons. The van der Waals surface area contributed by atoms with E-state index in [1.54, 1.807) is 6.92 Å². The molecule has 2 rings (SSSR count). The van der Waals surface area contributed by atoms with Gasteiger partial charge in [0.25, 0.3) is 11.8 Å². The molecule has 1 aromatic rings. The number of hydrogen-bond acceptors (Lipinski definition) is 5. The lowest BCUT2D eigenvalue weighted by atomic mass is 10.3. The van der Waals surface area contributed by atoms with Gasteiger partial charge < -0.3 is 5.11 Å². The van der Waals surface area contributed by atoms with Gasteiger partial charge in [-0.25, -0.2) is 9.78 Å². The third-order valence-electron chi connectivity index (χ3n) is 2.51. The fourth-order valence-electron chi connectivity index (χ4n) is 1.58. The van der Waals surface area contributed by atoms with E-state index in [2.05, 4.69) is 4.98 Å². The van der Waals surface area contributed by atoms with Crippen LogP contribution in [0.3, 0.4) is 0 Å². The van der Waals surface area contributed by atoms with Crippen LogP contribution in [0.25, 0.3) is 0 Å². The normalized spacial score (nSPS) is 15.2. The van der Waals surface area contributed by atoms with E-state index >= 15 is 0 Å². The van der Waals surface area contributed by atoms with E-state index in [1.165, 1.54) is 22.8 Å². The molecule has 0 saturated heterocycles. The topological polar surface area (TPSA) is 87.6 Å². The predicted octanol–water partition coefficient (Wildman–Crippen LogP) is 0.699. The van der Waals surface area contributed by atoms with E-state index in [0.29, 0.717) is 17.0 Å². The van der Waals surface area contributed by atoms with Gasteiger partial charge >= 0.3 is 5.97 Å². The highest BCUT2D eigenvalue weighted by atomic mass is 32.1. The van der Waals surface area contributed by atoms with Crippen molar-refractivity contribution in [3.63, 3.8) is 0 Å². The molecular formula is C11H10N2O4S. The molecule has 1 aliphatic heterocycles. The van der Waals surface area contributed by atoms with Crippen LogP contribution in [-0.4, -0.2) is 39.3 Å². The number of nitrogens with zero attached hydrogens (tertiary/aromatic N) is 2. The molecule has 7 heteroatoms. The van der Waals surface area contributed by atoms with Crippen molar-refractivity contribution in [2.75, 3.05) is 6.54 Å². The molecule has 6 nitrogen and oxygen atoms in total. The van der Waals surface area contributed by atoms with E-state index in [9.17, 15) is 14.4 Å². The van der Waals surface area contributed by atoms with Gasteiger partial charge in [-0.3, -0.25) is 14.5 Å². The number of aromatic carboxylic acids is 1. The second-order valence-electron chi connectivity index (χ2n) is 3.80. The summed E-state index contributed by atoms with van der Waals surface area (Å²) in [5.74, 6) is -1.70. The van der Waals surface area contributed by atoms with Crippen molar-refractivity contribution in [3.05, 3.63) is 27.7 Å². The third-order valence-corrected chi connectivity index (χ3v) is 3.42. The first-order valence-corrected chi connectivity index (χ1v) is 6.09. The largest absolute Gasteiger partial charge is 0.476 e. The molecule has 1 aromatic heterocycles. The van der Waals surface area contributed by atoms with Gasteiger partial charge in [-0.05, 0) is 6.92 Å². The predicted molar refractivity (Wildman–Crippen MR) is 63.3 cm³/mol. The molecule has 0 saturated carbocycles. The number of carboxylic acid groups (broad SMARTS) is 1. The fraction of sp³-hybridized carbons (Fsp3) is 0.273. The first kappa shape index (κ1) is 12.4. The summed E-state index contributed by atoms with van der Waals surface area (Å²) in [6.07, 6.45) is 1.67. The lowest BCUT2D eigenvalue weighted by Gasteiger charge is -2.12. The average molecular weight is 266 g/mol. The number of carbonyl (C=O) groups excluding carboxylic acids is 2. The molecule has 1 N–H and O–H groups in total. The van der Waals surface area contributed by atoms with E-state index in [0.717, 1.165) is 4.90 Å². The highest BCUT2D eigenvalue weighted by Gasteiger charge is 2.27. The van der Waals surface area contributed by atoms with Crippen LogP contribution in [0.5, 0.6) is 0 Å². The zero-order valence-corrected chi connectivity index (χ0v) is 10.4. The molecule has 0 aromatic carbocycles. The first-order valence-electron chi connectivity index (χ1n) is 5.21. The van der Waals surface area contributed by atoms with E-state index < -0.39 is 5.97 Å².